The fraction of sp³-hybridized carbons (Fsp3) is 0.158. The highest BCUT2D eigenvalue weighted by Gasteiger charge is 2.32. The minimum Gasteiger partial charge on any atom is -0.495 e. The molecular formula is C19H15Br2NO4S2. The third-order valence-electron chi connectivity index (χ3n) is 4.41. The van der Waals surface area contributed by atoms with Gasteiger partial charge in [0.25, 0.3) is 0 Å². The molecule has 1 atom stereocenters. The molecule has 5 nitrogen and oxygen atoms in total. The highest BCUT2D eigenvalue weighted by molar-refractivity contribution is 9.11. The first-order valence-electron chi connectivity index (χ1n) is 8.19. The SMILES string of the molecule is COc1c(Br)ccc2c1-c1ccc(CS(N)(=O)=O)cc1C(c1ccc(Br)s1)O2. The molecule has 2 aromatic carbocycles. The Morgan fingerprint density at radius 1 is 1.18 bits per heavy atom. The Morgan fingerprint density at radius 3 is 2.61 bits per heavy atom. The van der Waals surface area contributed by atoms with Gasteiger partial charge >= 0.3 is 0 Å². The van der Waals surface area contributed by atoms with Crippen molar-refractivity contribution in [2.75, 3.05) is 7.11 Å². The summed E-state index contributed by atoms with van der Waals surface area (Å²) >= 11 is 8.60. The second-order valence-electron chi connectivity index (χ2n) is 6.32. The summed E-state index contributed by atoms with van der Waals surface area (Å²) in [5, 5.41) is 5.25. The fourth-order valence-electron chi connectivity index (χ4n) is 3.34. The van der Waals surface area contributed by atoms with Gasteiger partial charge in [-0.05, 0) is 67.3 Å². The molecule has 2 heterocycles. The number of nitrogens with two attached hydrogens (primary N) is 1. The van der Waals surface area contributed by atoms with Gasteiger partial charge < -0.3 is 9.47 Å². The molecule has 1 aliphatic rings. The summed E-state index contributed by atoms with van der Waals surface area (Å²) in [7, 11) is -2.03. The van der Waals surface area contributed by atoms with Crippen molar-refractivity contribution in [3.63, 3.8) is 0 Å². The van der Waals surface area contributed by atoms with Gasteiger partial charge in [0, 0.05) is 5.56 Å². The Kier molecular flexibility index (Phi) is 5.30. The molecule has 0 saturated carbocycles. The van der Waals surface area contributed by atoms with Crippen molar-refractivity contribution in [3.8, 4) is 22.6 Å². The molecule has 0 aliphatic carbocycles. The van der Waals surface area contributed by atoms with Crippen LogP contribution >= 0.6 is 43.2 Å². The molecule has 0 saturated heterocycles. The standard InChI is InChI=1S/C19H15Br2NO4S2/c1-25-19-13(20)4-5-14-17(19)11-3-2-10(9-28(22,23)24)8-12(11)18(26-14)15-6-7-16(21)27-15/h2-8,18H,9H2,1H3,(H2,22,23,24). The maximum Gasteiger partial charge on any atom is 0.213 e. The number of methoxy groups -OCH3 is 1. The number of rotatable bonds is 4. The molecule has 1 aliphatic heterocycles. The Labute approximate surface area is 183 Å². The normalized spacial score (nSPS) is 15.5. The van der Waals surface area contributed by atoms with Crippen LogP contribution in [-0.4, -0.2) is 15.5 Å². The first kappa shape index (κ1) is 19.9. The fourth-order valence-corrected chi connectivity index (χ4v) is 5.95. The van der Waals surface area contributed by atoms with E-state index in [-0.39, 0.29) is 11.9 Å². The zero-order valence-electron chi connectivity index (χ0n) is 14.6. The molecule has 9 heteroatoms. The van der Waals surface area contributed by atoms with E-state index in [2.05, 4.69) is 31.9 Å². The number of hydrogen-bond acceptors (Lipinski definition) is 5. The summed E-state index contributed by atoms with van der Waals surface area (Å²) in [6.07, 6.45) is -0.356. The lowest BCUT2D eigenvalue weighted by atomic mass is 9.90. The maximum atomic E-state index is 11.6. The first-order valence-corrected chi connectivity index (χ1v) is 12.3. The minimum absolute atomic E-state index is 0.233. The lowest BCUT2D eigenvalue weighted by Crippen LogP contribution is -2.17. The van der Waals surface area contributed by atoms with Crippen molar-refractivity contribution in [1.82, 2.24) is 0 Å². The Hall–Kier alpha value is -1.39. The Morgan fingerprint density at radius 2 is 1.96 bits per heavy atom. The first-order chi connectivity index (χ1) is 13.3. The Bertz CT molecular complexity index is 1170. The number of ether oxygens (including phenoxy) is 2. The second-order valence-corrected chi connectivity index (χ2v) is 11.3. The molecule has 1 aromatic heterocycles. The van der Waals surface area contributed by atoms with Gasteiger partial charge in [0.2, 0.25) is 10.0 Å². The van der Waals surface area contributed by atoms with Crippen molar-refractivity contribution in [2.45, 2.75) is 11.9 Å². The van der Waals surface area contributed by atoms with Crippen LogP contribution in [0.2, 0.25) is 0 Å². The van der Waals surface area contributed by atoms with Crippen molar-refractivity contribution in [3.05, 3.63) is 66.7 Å². The lowest BCUT2D eigenvalue weighted by Gasteiger charge is -2.30. The van der Waals surface area contributed by atoms with E-state index in [4.69, 9.17) is 14.6 Å². The predicted octanol–water partition coefficient (Wildman–Crippen LogP) is 5.22. The largest absolute Gasteiger partial charge is 0.495 e. The van der Waals surface area contributed by atoms with Gasteiger partial charge in [0.1, 0.15) is 11.5 Å². The number of primary sulfonamides is 1. The molecule has 0 amide bonds. The van der Waals surface area contributed by atoms with Crippen LogP contribution in [0.1, 0.15) is 22.1 Å². The van der Waals surface area contributed by atoms with E-state index in [1.165, 1.54) is 0 Å². The zero-order valence-corrected chi connectivity index (χ0v) is 19.4. The summed E-state index contributed by atoms with van der Waals surface area (Å²) in [5.74, 6) is 1.15. The monoisotopic (exact) mass is 543 g/mol. The van der Waals surface area contributed by atoms with E-state index in [1.807, 2.05) is 36.4 Å². The molecule has 2 N–H and O–H groups in total. The number of halogens is 2. The van der Waals surface area contributed by atoms with Crippen LogP contribution in [0.5, 0.6) is 11.5 Å². The van der Waals surface area contributed by atoms with E-state index in [9.17, 15) is 8.42 Å². The molecular weight excluding hydrogens is 530 g/mol. The van der Waals surface area contributed by atoms with Crippen LogP contribution in [-0.2, 0) is 15.8 Å². The smallest absolute Gasteiger partial charge is 0.213 e. The molecule has 146 valence electrons. The topological polar surface area (TPSA) is 78.6 Å². The van der Waals surface area contributed by atoms with Crippen molar-refractivity contribution in [2.24, 2.45) is 5.14 Å². The van der Waals surface area contributed by atoms with Crippen LogP contribution in [0, 0.1) is 0 Å². The molecule has 0 radical (unpaired) electrons. The molecule has 0 spiro atoms. The van der Waals surface area contributed by atoms with Gasteiger partial charge in [-0.1, -0.05) is 18.2 Å². The third kappa shape index (κ3) is 3.73. The average molecular weight is 545 g/mol. The molecule has 28 heavy (non-hydrogen) atoms. The summed E-state index contributed by atoms with van der Waals surface area (Å²) in [6.45, 7) is 0. The lowest BCUT2D eigenvalue weighted by molar-refractivity contribution is 0.245. The van der Waals surface area contributed by atoms with Gasteiger partial charge in [0.15, 0.2) is 6.10 Å². The summed E-state index contributed by atoms with van der Waals surface area (Å²) in [5.41, 5.74) is 3.26. The van der Waals surface area contributed by atoms with Crippen molar-refractivity contribution >= 4 is 53.2 Å². The predicted molar refractivity (Wildman–Crippen MR) is 117 cm³/mol. The number of hydrogen-bond donors (Lipinski definition) is 1. The third-order valence-corrected chi connectivity index (χ3v) is 7.44. The van der Waals surface area contributed by atoms with Crippen molar-refractivity contribution < 1.29 is 17.9 Å². The highest BCUT2D eigenvalue weighted by atomic mass is 79.9. The molecule has 4 rings (SSSR count). The van der Waals surface area contributed by atoms with Crippen LogP contribution in [0.15, 0.2) is 50.7 Å². The highest BCUT2D eigenvalue weighted by Crippen LogP contribution is 2.52. The van der Waals surface area contributed by atoms with Gasteiger partial charge in [-0.3, -0.25) is 0 Å². The van der Waals surface area contributed by atoms with E-state index in [1.54, 1.807) is 24.5 Å². The molecule has 1 unspecified atom stereocenters. The average Bonchev–Trinajstić information content (AvgIpc) is 3.05. The maximum absolute atomic E-state index is 11.6. The van der Waals surface area contributed by atoms with Crippen LogP contribution in [0.25, 0.3) is 11.1 Å². The van der Waals surface area contributed by atoms with Gasteiger partial charge in [-0.15, -0.1) is 11.3 Å². The van der Waals surface area contributed by atoms with Crippen molar-refractivity contribution in [1.29, 1.82) is 0 Å². The van der Waals surface area contributed by atoms with Crippen LogP contribution < -0.4 is 14.6 Å². The molecule has 0 bridgehead atoms. The summed E-state index contributed by atoms with van der Waals surface area (Å²) in [4.78, 5) is 1.01. The number of sulfonamides is 1. The second kappa shape index (κ2) is 7.46. The Balaban J connectivity index is 1.95. The van der Waals surface area contributed by atoms with E-state index in [0.29, 0.717) is 17.1 Å². The summed E-state index contributed by atoms with van der Waals surface area (Å²) < 4.78 is 36.9. The van der Waals surface area contributed by atoms with Crippen LogP contribution in [0.3, 0.4) is 0 Å². The quantitative estimate of drug-likeness (QED) is 0.488. The van der Waals surface area contributed by atoms with E-state index < -0.39 is 10.0 Å². The number of thiophene rings is 1. The van der Waals surface area contributed by atoms with Crippen LogP contribution in [0.4, 0.5) is 0 Å². The van der Waals surface area contributed by atoms with E-state index in [0.717, 1.165) is 29.8 Å². The molecule has 3 aromatic rings. The molecule has 0 fully saturated rings. The number of benzene rings is 2. The van der Waals surface area contributed by atoms with Gasteiger partial charge in [-0.25, -0.2) is 13.6 Å². The van der Waals surface area contributed by atoms with Gasteiger partial charge in [0.05, 0.1) is 31.6 Å². The minimum atomic E-state index is -3.64. The van der Waals surface area contributed by atoms with Gasteiger partial charge in [-0.2, -0.15) is 0 Å². The summed E-state index contributed by atoms with van der Waals surface area (Å²) in [6, 6.07) is 13.3. The van der Waals surface area contributed by atoms with E-state index >= 15 is 0 Å². The number of fused-ring (bicyclic) bond motifs is 3. The zero-order chi connectivity index (χ0) is 20.1.